The van der Waals surface area contributed by atoms with Gasteiger partial charge in [0.15, 0.2) is 6.10 Å². The molecule has 0 aromatic heterocycles. The molecule has 0 fully saturated rings. The second-order valence-electron chi connectivity index (χ2n) is 18.6. The van der Waals surface area contributed by atoms with Gasteiger partial charge in [-0.1, -0.05) is 259 Å². The molecule has 0 aliphatic rings. The van der Waals surface area contributed by atoms with Crippen molar-refractivity contribution in [3.63, 3.8) is 0 Å². The standard InChI is InChI=1S/C53H102O6/c1-5-7-9-11-13-15-17-18-19-20-21-25-29-32-36-40-44-51(54)57-47-50(59-53(56)46-42-38-34-28-16-14-12-10-8-6-2)48-58-52(55)45-41-37-33-30-26-23-22-24-27-31-35-39-43-49(3)4/h49-50H,5-48H2,1-4H3/t50-/m1/s1. The lowest BCUT2D eigenvalue weighted by molar-refractivity contribution is -0.167. The van der Waals surface area contributed by atoms with Gasteiger partial charge in [0.1, 0.15) is 13.2 Å². The zero-order valence-electron chi connectivity index (χ0n) is 40.2. The number of carbonyl (C=O) groups is 3. The van der Waals surface area contributed by atoms with Gasteiger partial charge in [0.25, 0.3) is 0 Å². The largest absolute Gasteiger partial charge is 0.462 e. The fraction of sp³-hybridized carbons (Fsp3) is 0.943. The molecule has 0 aliphatic heterocycles. The van der Waals surface area contributed by atoms with Crippen LogP contribution in [0.3, 0.4) is 0 Å². The molecule has 0 aromatic rings. The van der Waals surface area contributed by atoms with E-state index in [1.807, 2.05) is 0 Å². The average molecular weight is 835 g/mol. The zero-order valence-corrected chi connectivity index (χ0v) is 40.2. The minimum absolute atomic E-state index is 0.0626. The fourth-order valence-electron chi connectivity index (χ4n) is 8.04. The third kappa shape index (κ3) is 47.3. The summed E-state index contributed by atoms with van der Waals surface area (Å²) in [4.78, 5) is 37.9. The van der Waals surface area contributed by atoms with Gasteiger partial charge in [-0.2, -0.15) is 0 Å². The van der Waals surface area contributed by atoms with Crippen LogP contribution >= 0.6 is 0 Å². The van der Waals surface area contributed by atoms with Gasteiger partial charge >= 0.3 is 17.9 Å². The van der Waals surface area contributed by atoms with Crippen molar-refractivity contribution in [3.05, 3.63) is 0 Å². The van der Waals surface area contributed by atoms with Crippen LogP contribution in [-0.2, 0) is 28.6 Å². The van der Waals surface area contributed by atoms with Crippen molar-refractivity contribution in [2.45, 2.75) is 303 Å². The molecule has 6 nitrogen and oxygen atoms in total. The minimum atomic E-state index is -0.760. The predicted molar refractivity (Wildman–Crippen MR) is 252 cm³/mol. The van der Waals surface area contributed by atoms with E-state index < -0.39 is 6.10 Å². The Morgan fingerprint density at radius 3 is 0.831 bits per heavy atom. The lowest BCUT2D eigenvalue weighted by Crippen LogP contribution is -2.30. The highest BCUT2D eigenvalue weighted by atomic mass is 16.6. The lowest BCUT2D eigenvalue weighted by Gasteiger charge is -2.18. The van der Waals surface area contributed by atoms with Crippen molar-refractivity contribution in [2.24, 2.45) is 5.92 Å². The molecule has 0 unspecified atom stereocenters. The van der Waals surface area contributed by atoms with Gasteiger partial charge in [0.2, 0.25) is 0 Å². The second kappa shape index (κ2) is 47.5. The molecule has 0 aliphatic carbocycles. The Bertz CT molecular complexity index is 887. The van der Waals surface area contributed by atoms with E-state index in [-0.39, 0.29) is 31.1 Å². The maximum absolute atomic E-state index is 12.7. The van der Waals surface area contributed by atoms with Crippen LogP contribution in [0.2, 0.25) is 0 Å². The summed E-state index contributed by atoms with van der Waals surface area (Å²) in [5, 5.41) is 0. The van der Waals surface area contributed by atoms with Crippen LogP contribution in [0.25, 0.3) is 0 Å². The van der Waals surface area contributed by atoms with Gasteiger partial charge in [0, 0.05) is 19.3 Å². The molecule has 0 saturated carbocycles. The number of rotatable bonds is 48. The Morgan fingerprint density at radius 1 is 0.322 bits per heavy atom. The summed E-state index contributed by atoms with van der Waals surface area (Å²) in [5.74, 6) is -0.0104. The maximum atomic E-state index is 12.7. The highest BCUT2D eigenvalue weighted by molar-refractivity contribution is 5.71. The Balaban J connectivity index is 4.25. The summed E-state index contributed by atoms with van der Waals surface area (Å²) in [6, 6.07) is 0. The highest BCUT2D eigenvalue weighted by Crippen LogP contribution is 2.17. The minimum Gasteiger partial charge on any atom is -0.462 e. The molecular formula is C53H102O6. The van der Waals surface area contributed by atoms with Crippen LogP contribution in [0.15, 0.2) is 0 Å². The monoisotopic (exact) mass is 835 g/mol. The van der Waals surface area contributed by atoms with Crippen molar-refractivity contribution < 1.29 is 28.6 Å². The number of hydrogen-bond acceptors (Lipinski definition) is 6. The van der Waals surface area contributed by atoms with E-state index in [0.29, 0.717) is 19.3 Å². The van der Waals surface area contributed by atoms with Crippen molar-refractivity contribution in [3.8, 4) is 0 Å². The van der Waals surface area contributed by atoms with Crippen LogP contribution in [0, 0.1) is 5.92 Å². The second-order valence-corrected chi connectivity index (χ2v) is 18.6. The normalized spacial score (nSPS) is 11.9. The first-order valence-electron chi connectivity index (χ1n) is 26.4. The SMILES string of the molecule is CCCCCCCCCCCCCCCCCCC(=O)OC[C@H](COC(=O)CCCCCCCCCCCCCCC(C)C)OC(=O)CCCCCCCCCCCC. The van der Waals surface area contributed by atoms with E-state index in [1.165, 1.54) is 193 Å². The first-order valence-corrected chi connectivity index (χ1v) is 26.4. The topological polar surface area (TPSA) is 78.9 Å². The summed E-state index contributed by atoms with van der Waals surface area (Å²) in [5.41, 5.74) is 0. The molecule has 0 radical (unpaired) electrons. The van der Waals surface area contributed by atoms with Crippen molar-refractivity contribution in [1.82, 2.24) is 0 Å². The maximum Gasteiger partial charge on any atom is 0.306 e. The Labute approximate surface area is 368 Å². The van der Waals surface area contributed by atoms with E-state index in [2.05, 4.69) is 27.7 Å². The number of esters is 3. The number of hydrogen-bond donors (Lipinski definition) is 0. The van der Waals surface area contributed by atoms with Crippen LogP contribution in [0.1, 0.15) is 297 Å². The lowest BCUT2D eigenvalue weighted by atomic mass is 10.0. The van der Waals surface area contributed by atoms with Crippen molar-refractivity contribution in [1.29, 1.82) is 0 Å². The Morgan fingerprint density at radius 2 is 0.559 bits per heavy atom. The van der Waals surface area contributed by atoms with Crippen LogP contribution in [-0.4, -0.2) is 37.2 Å². The van der Waals surface area contributed by atoms with Gasteiger partial charge in [-0.25, -0.2) is 0 Å². The summed E-state index contributed by atoms with van der Waals surface area (Å²) >= 11 is 0. The Hall–Kier alpha value is -1.59. The molecule has 1 atom stereocenters. The van der Waals surface area contributed by atoms with Crippen molar-refractivity contribution >= 4 is 17.9 Å². The fourth-order valence-corrected chi connectivity index (χ4v) is 8.04. The van der Waals surface area contributed by atoms with Gasteiger partial charge in [-0.15, -0.1) is 0 Å². The molecule has 350 valence electrons. The van der Waals surface area contributed by atoms with Gasteiger partial charge in [-0.05, 0) is 25.2 Å². The summed E-state index contributed by atoms with van der Waals surface area (Å²) in [6.45, 7) is 9.02. The Kier molecular flexibility index (Phi) is 46.2. The van der Waals surface area contributed by atoms with E-state index >= 15 is 0 Å². The molecule has 6 heteroatoms. The van der Waals surface area contributed by atoms with Gasteiger partial charge < -0.3 is 14.2 Å². The summed E-state index contributed by atoms with van der Waals surface area (Å²) in [6.07, 6.45) is 49.4. The molecule has 0 rings (SSSR count). The van der Waals surface area contributed by atoms with E-state index in [4.69, 9.17) is 14.2 Å². The van der Waals surface area contributed by atoms with E-state index in [1.54, 1.807) is 0 Å². The van der Waals surface area contributed by atoms with Crippen LogP contribution in [0.5, 0.6) is 0 Å². The van der Waals surface area contributed by atoms with Gasteiger partial charge in [-0.3, -0.25) is 14.4 Å². The molecule has 59 heavy (non-hydrogen) atoms. The number of unbranched alkanes of at least 4 members (excludes halogenated alkanes) is 35. The smallest absolute Gasteiger partial charge is 0.306 e. The average Bonchev–Trinajstić information content (AvgIpc) is 3.22. The first kappa shape index (κ1) is 57.4. The molecule has 0 spiro atoms. The van der Waals surface area contributed by atoms with Crippen LogP contribution in [0.4, 0.5) is 0 Å². The van der Waals surface area contributed by atoms with E-state index in [0.717, 1.165) is 63.7 Å². The van der Waals surface area contributed by atoms with Crippen molar-refractivity contribution in [2.75, 3.05) is 13.2 Å². The summed E-state index contributed by atoms with van der Waals surface area (Å²) < 4.78 is 16.8. The molecule has 0 saturated heterocycles. The zero-order chi connectivity index (χ0) is 43.1. The van der Waals surface area contributed by atoms with E-state index in [9.17, 15) is 14.4 Å². The predicted octanol–water partition coefficient (Wildman–Crippen LogP) is 17.1. The number of carbonyl (C=O) groups excluding carboxylic acids is 3. The van der Waals surface area contributed by atoms with Crippen LogP contribution < -0.4 is 0 Å². The molecule has 0 bridgehead atoms. The molecule has 0 heterocycles. The first-order chi connectivity index (χ1) is 28.9. The quantitative estimate of drug-likeness (QED) is 0.0345. The third-order valence-corrected chi connectivity index (χ3v) is 12.0. The third-order valence-electron chi connectivity index (χ3n) is 12.0. The molecule has 0 amide bonds. The molecule has 0 N–H and O–H groups in total. The summed E-state index contributed by atoms with van der Waals surface area (Å²) in [7, 11) is 0. The highest BCUT2D eigenvalue weighted by Gasteiger charge is 2.19. The van der Waals surface area contributed by atoms with Gasteiger partial charge in [0.05, 0.1) is 0 Å². The molecule has 0 aromatic carbocycles. The number of ether oxygens (including phenoxy) is 3. The molecular weight excluding hydrogens is 733 g/mol.